The Hall–Kier alpha value is -4.07. The van der Waals surface area contributed by atoms with Crippen LogP contribution in [0.1, 0.15) is 48.6 Å². The smallest absolute Gasteiger partial charge is 0.238 e. The van der Waals surface area contributed by atoms with E-state index in [2.05, 4.69) is 4.98 Å². The van der Waals surface area contributed by atoms with Gasteiger partial charge in [0, 0.05) is 12.1 Å². The van der Waals surface area contributed by atoms with E-state index in [1.54, 1.807) is 30.5 Å². The zero-order chi connectivity index (χ0) is 29.3. The largest absolute Gasteiger partial charge is 0.507 e. The first kappa shape index (κ1) is 28.5. The van der Waals surface area contributed by atoms with Crippen LogP contribution in [-0.2, 0) is 9.59 Å². The number of nitrogens with zero attached hydrogens (tertiary/aromatic N) is 2. The molecular weight excluding hydrogens is 516 g/mol. The lowest BCUT2D eigenvalue weighted by molar-refractivity contribution is -0.123. The van der Waals surface area contributed by atoms with Gasteiger partial charge in [0.05, 0.1) is 35.9 Å². The third-order valence-corrected chi connectivity index (χ3v) is 8.43. The SMILES string of the molecule is CC1=C([C@H](O)CC/C(=C/c2cc(C)c(O)c(C)c2)c2ccccn2)[C@H](CO)[C@@H]2C(=O)N(c3ccccc3)C(=O)[C@@H]2C1. The zero-order valence-electron chi connectivity index (χ0n) is 23.6. The molecule has 5 rings (SSSR count). The number of phenols is 1. The molecule has 0 radical (unpaired) electrons. The standard InChI is InChI=1S/C34H36N2O5/c1-20-17-26-31(34(41)36(33(26)40)25-9-5-4-6-10-25)27(19-37)30(20)29(38)13-12-24(28-11-7-8-14-35-28)18-23-15-21(2)32(39)22(3)16-23/h4-11,14-16,18,26-27,29,31,37-39H,12-13,17,19H2,1-3H3/b24-18-/t26-,27+,29-,31-/m1/s1. The number of aliphatic hydroxyl groups excluding tert-OH is 2. The number of carbonyl (C=O) groups excluding carboxylic acids is 2. The molecule has 2 heterocycles. The molecular formula is C34H36N2O5. The summed E-state index contributed by atoms with van der Waals surface area (Å²) in [5.41, 5.74) is 6.21. The Balaban J connectivity index is 1.41. The minimum absolute atomic E-state index is 0.252. The van der Waals surface area contributed by atoms with Gasteiger partial charge in [0.1, 0.15) is 5.75 Å². The van der Waals surface area contributed by atoms with E-state index in [-0.39, 0.29) is 24.2 Å². The van der Waals surface area contributed by atoms with E-state index in [0.29, 0.717) is 30.5 Å². The lowest BCUT2D eigenvalue weighted by Crippen LogP contribution is -2.38. The molecule has 4 atom stereocenters. The molecule has 0 saturated carbocycles. The number of aromatic hydroxyl groups is 1. The van der Waals surface area contributed by atoms with Crippen LogP contribution in [0.25, 0.3) is 11.6 Å². The number of phenolic OH excluding ortho intramolecular Hbond substituents is 1. The van der Waals surface area contributed by atoms with Gasteiger partial charge in [-0.05, 0) is 110 Å². The second-order valence-electron chi connectivity index (χ2n) is 11.2. The van der Waals surface area contributed by atoms with E-state index in [1.165, 1.54) is 4.90 Å². The Morgan fingerprint density at radius 3 is 2.34 bits per heavy atom. The number of carbonyl (C=O) groups is 2. The first-order chi connectivity index (χ1) is 19.7. The molecule has 2 aliphatic rings. The summed E-state index contributed by atoms with van der Waals surface area (Å²) in [5, 5.41) is 32.2. The van der Waals surface area contributed by atoms with Crippen LogP contribution in [0.4, 0.5) is 5.69 Å². The van der Waals surface area contributed by atoms with Crippen LogP contribution in [0.3, 0.4) is 0 Å². The highest BCUT2D eigenvalue weighted by molar-refractivity contribution is 6.22. The van der Waals surface area contributed by atoms with Gasteiger partial charge in [-0.15, -0.1) is 0 Å². The summed E-state index contributed by atoms with van der Waals surface area (Å²) >= 11 is 0. The number of pyridine rings is 1. The van der Waals surface area contributed by atoms with Gasteiger partial charge < -0.3 is 15.3 Å². The summed E-state index contributed by atoms with van der Waals surface area (Å²) in [7, 11) is 0. The molecule has 2 amide bonds. The van der Waals surface area contributed by atoms with E-state index < -0.39 is 23.9 Å². The Kier molecular flexibility index (Phi) is 8.20. The van der Waals surface area contributed by atoms with Crippen molar-refractivity contribution >= 4 is 29.2 Å². The van der Waals surface area contributed by atoms with Crippen LogP contribution in [0.5, 0.6) is 5.75 Å². The quantitative estimate of drug-likeness (QED) is 0.261. The molecule has 1 saturated heterocycles. The van der Waals surface area contributed by atoms with Gasteiger partial charge in [-0.25, -0.2) is 0 Å². The van der Waals surface area contributed by atoms with Gasteiger partial charge in [-0.3, -0.25) is 19.5 Å². The number of amides is 2. The molecule has 0 unspecified atom stereocenters. The highest BCUT2D eigenvalue weighted by atomic mass is 16.3. The van der Waals surface area contributed by atoms with Gasteiger partial charge >= 0.3 is 0 Å². The van der Waals surface area contributed by atoms with E-state index >= 15 is 0 Å². The fourth-order valence-corrected chi connectivity index (χ4v) is 6.50. The molecule has 0 spiro atoms. The molecule has 212 valence electrons. The predicted molar refractivity (Wildman–Crippen MR) is 159 cm³/mol. The van der Waals surface area contributed by atoms with E-state index in [4.69, 9.17) is 0 Å². The van der Waals surface area contributed by atoms with Crippen LogP contribution >= 0.6 is 0 Å². The third kappa shape index (κ3) is 5.47. The van der Waals surface area contributed by atoms with Gasteiger partial charge in [0.15, 0.2) is 0 Å². The molecule has 1 aliphatic heterocycles. The van der Waals surface area contributed by atoms with Gasteiger partial charge in [0.2, 0.25) is 11.8 Å². The number of aromatic nitrogens is 1. The number of hydrogen-bond donors (Lipinski definition) is 3. The normalized spacial score (nSPS) is 21.8. The van der Waals surface area contributed by atoms with Crippen molar-refractivity contribution in [3.8, 4) is 5.75 Å². The molecule has 2 aromatic carbocycles. The average Bonchev–Trinajstić information content (AvgIpc) is 3.22. The molecule has 1 fully saturated rings. The highest BCUT2D eigenvalue weighted by Crippen LogP contribution is 2.47. The molecule has 3 aromatic rings. The van der Waals surface area contributed by atoms with Crippen LogP contribution in [0.2, 0.25) is 0 Å². The van der Waals surface area contributed by atoms with Gasteiger partial charge in [-0.1, -0.05) is 29.8 Å². The molecule has 3 N–H and O–H groups in total. The predicted octanol–water partition coefficient (Wildman–Crippen LogP) is 5.22. The molecule has 1 aliphatic carbocycles. The fourth-order valence-electron chi connectivity index (χ4n) is 6.50. The Morgan fingerprint density at radius 1 is 1.02 bits per heavy atom. The number of benzene rings is 2. The van der Waals surface area contributed by atoms with Crippen molar-refractivity contribution in [2.45, 2.75) is 46.1 Å². The topological polar surface area (TPSA) is 111 Å². The van der Waals surface area contributed by atoms with Crippen molar-refractivity contribution < 1.29 is 24.9 Å². The van der Waals surface area contributed by atoms with Crippen LogP contribution in [-0.4, -0.2) is 44.8 Å². The summed E-state index contributed by atoms with van der Waals surface area (Å²) in [4.78, 5) is 32.7. The zero-order valence-corrected chi connectivity index (χ0v) is 23.6. The van der Waals surface area contributed by atoms with Crippen LogP contribution in [0.15, 0.2) is 78.0 Å². The molecule has 41 heavy (non-hydrogen) atoms. The molecule has 7 heteroatoms. The second-order valence-corrected chi connectivity index (χ2v) is 11.2. The summed E-state index contributed by atoms with van der Waals surface area (Å²) in [6, 6.07) is 18.4. The fraction of sp³-hybridized carbons (Fsp3) is 0.324. The number of para-hydroxylation sites is 1. The summed E-state index contributed by atoms with van der Waals surface area (Å²) < 4.78 is 0. The number of fused-ring (bicyclic) bond motifs is 1. The van der Waals surface area contributed by atoms with Crippen molar-refractivity contribution in [3.63, 3.8) is 0 Å². The Labute approximate surface area is 240 Å². The Morgan fingerprint density at radius 2 is 1.71 bits per heavy atom. The number of imide groups is 1. The first-order valence-corrected chi connectivity index (χ1v) is 14.0. The Bertz CT molecular complexity index is 1490. The third-order valence-electron chi connectivity index (χ3n) is 8.43. The van der Waals surface area contributed by atoms with Crippen molar-refractivity contribution in [2.24, 2.45) is 17.8 Å². The van der Waals surface area contributed by atoms with Crippen molar-refractivity contribution in [3.05, 3.63) is 100 Å². The number of hydrogen-bond acceptors (Lipinski definition) is 6. The number of aliphatic hydroxyl groups is 2. The number of aryl methyl sites for hydroxylation is 2. The van der Waals surface area contributed by atoms with Gasteiger partial charge in [0.25, 0.3) is 0 Å². The van der Waals surface area contributed by atoms with Crippen LogP contribution in [0, 0.1) is 31.6 Å². The molecule has 1 aromatic heterocycles. The van der Waals surface area contributed by atoms with Crippen molar-refractivity contribution in [1.82, 2.24) is 4.98 Å². The van der Waals surface area contributed by atoms with E-state index in [1.807, 2.05) is 63.2 Å². The highest BCUT2D eigenvalue weighted by Gasteiger charge is 2.54. The summed E-state index contributed by atoms with van der Waals surface area (Å²) in [5.74, 6) is -2.21. The molecule has 0 bridgehead atoms. The van der Waals surface area contributed by atoms with Crippen molar-refractivity contribution in [1.29, 1.82) is 0 Å². The maximum absolute atomic E-state index is 13.6. The second kappa shape index (κ2) is 11.8. The minimum Gasteiger partial charge on any atom is -0.507 e. The monoisotopic (exact) mass is 552 g/mol. The number of allylic oxidation sites excluding steroid dienone is 2. The number of anilines is 1. The average molecular weight is 553 g/mol. The van der Waals surface area contributed by atoms with E-state index in [9.17, 15) is 24.9 Å². The molecule has 7 nitrogen and oxygen atoms in total. The summed E-state index contributed by atoms with van der Waals surface area (Å²) in [6.07, 6.45) is 4.05. The summed E-state index contributed by atoms with van der Waals surface area (Å²) in [6.45, 7) is 5.27. The van der Waals surface area contributed by atoms with E-state index in [0.717, 1.165) is 33.5 Å². The van der Waals surface area contributed by atoms with Crippen LogP contribution < -0.4 is 4.90 Å². The maximum atomic E-state index is 13.6. The first-order valence-electron chi connectivity index (χ1n) is 14.0. The minimum atomic E-state index is -0.905. The van der Waals surface area contributed by atoms with Crippen molar-refractivity contribution in [2.75, 3.05) is 11.5 Å². The van der Waals surface area contributed by atoms with Gasteiger partial charge in [-0.2, -0.15) is 0 Å². The lowest BCUT2D eigenvalue weighted by Gasteiger charge is -2.35. The number of rotatable bonds is 8. The maximum Gasteiger partial charge on any atom is 0.238 e. The lowest BCUT2D eigenvalue weighted by atomic mass is 9.68.